The van der Waals surface area contributed by atoms with Gasteiger partial charge in [0.15, 0.2) is 5.84 Å². The van der Waals surface area contributed by atoms with E-state index in [1.54, 1.807) is 11.8 Å². The Morgan fingerprint density at radius 1 is 1.38 bits per heavy atom. The number of aliphatic hydroxyl groups is 1. The average molecular weight is 240 g/mol. The lowest BCUT2D eigenvalue weighted by Crippen LogP contribution is -2.15. The van der Waals surface area contributed by atoms with Gasteiger partial charge in [0, 0.05) is 17.9 Å². The summed E-state index contributed by atoms with van der Waals surface area (Å²) in [5.41, 5.74) is 7.38. The molecule has 1 aromatic rings. The Morgan fingerprint density at radius 3 is 2.81 bits per heavy atom. The molecule has 1 rings (SSSR count). The summed E-state index contributed by atoms with van der Waals surface area (Å²) in [5, 5.41) is 20.3. The number of thioether (sulfide) groups is 1. The SMILES string of the molecule is NC(=NO)c1ccccc1CSCCCO. The molecule has 0 aliphatic heterocycles. The number of hydrogen-bond donors (Lipinski definition) is 3. The molecule has 0 aromatic heterocycles. The second kappa shape index (κ2) is 7.14. The number of oxime groups is 1. The highest BCUT2D eigenvalue weighted by Gasteiger charge is 2.05. The molecule has 1 aromatic carbocycles. The maximum Gasteiger partial charge on any atom is 0.170 e. The van der Waals surface area contributed by atoms with Gasteiger partial charge in [0.1, 0.15) is 0 Å². The van der Waals surface area contributed by atoms with E-state index in [-0.39, 0.29) is 12.4 Å². The van der Waals surface area contributed by atoms with Gasteiger partial charge in [0.25, 0.3) is 0 Å². The van der Waals surface area contributed by atoms with E-state index in [0.29, 0.717) is 0 Å². The third-order valence-electron chi connectivity index (χ3n) is 2.11. The maximum atomic E-state index is 8.66. The minimum absolute atomic E-state index is 0.137. The lowest BCUT2D eigenvalue weighted by Gasteiger charge is -2.07. The van der Waals surface area contributed by atoms with Crippen LogP contribution in [0.1, 0.15) is 17.5 Å². The van der Waals surface area contributed by atoms with Gasteiger partial charge < -0.3 is 16.0 Å². The summed E-state index contributed by atoms with van der Waals surface area (Å²) in [5.74, 6) is 1.84. The Kier molecular flexibility index (Phi) is 5.74. The van der Waals surface area contributed by atoms with E-state index in [4.69, 9.17) is 16.0 Å². The number of nitrogens with zero attached hydrogens (tertiary/aromatic N) is 1. The van der Waals surface area contributed by atoms with Gasteiger partial charge in [-0.15, -0.1) is 0 Å². The van der Waals surface area contributed by atoms with Crippen molar-refractivity contribution in [2.75, 3.05) is 12.4 Å². The summed E-state index contributed by atoms with van der Waals surface area (Å²) < 4.78 is 0. The Morgan fingerprint density at radius 2 is 2.12 bits per heavy atom. The van der Waals surface area contributed by atoms with Crippen LogP contribution in [-0.2, 0) is 5.75 Å². The van der Waals surface area contributed by atoms with Crippen molar-refractivity contribution < 1.29 is 10.3 Å². The van der Waals surface area contributed by atoms with Crippen molar-refractivity contribution in [3.05, 3.63) is 35.4 Å². The fraction of sp³-hybridized carbons (Fsp3) is 0.364. The highest BCUT2D eigenvalue weighted by atomic mass is 32.2. The second-order valence-corrected chi connectivity index (χ2v) is 4.38. The van der Waals surface area contributed by atoms with Crippen molar-refractivity contribution in [2.45, 2.75) is 12.2 Å². The molecule has 5 heteroatoms. The highest BCUT2D eigenvalue weighted by molar-refractivity contribution is 7.98. The van der Waals surface area contributed by atoms with Crippen LogP contribution in [0.4, 0.5) is 0 Å². The van der Waals surface area contributed by atoms with Crippen LogP contribution in [0.2, 0.25) is 0 Å². The van der Waals surface area contributed by atoms with Gasteiger partial charge in [0.05, 0.1) is 0 Å². The smallest absolute Gasteiger partial charge is 0.170 e. The van der Waals surface area contributed by atoms with Gasteiger partial charge in [-0.05, 0) is 17.7 Å². The summed E-state index contributed by atoms with van der Waals surface area (Å²) >= 11 is 1.72. The molecule has 0 atom stereocenters. The summed E-state index contributed by atoms with van der Waals surface area (Å²) in [6, 6.07) is 7.57. The van der Waals surface area contributed by atoms with Crippen LogP contribution >= 0.6 is 11.8 Å². The van der Waals surface area contributed by atoms with Crippen LogP contribution in [0.3, 0.4) is 0 Å². The fourth-order valence-electron chi connectivity index (χ4n) is 1.30. The topological polar surface area (TPSA) is 78.8 Å². The molecule has 0 aliphatic carbocycles. The van der Waals surface area contributed by atoms with Crippen LogP contribution in [0.15, 0.2) is 29.4 Å². The molecule has 4 nitrogen and oxygen atoms in total. The summed E-state index contributed by atoms with van der Waals surface area (Å²) in [6.45, 7) is 0.217. The Hall–Kier alpha value is -1.20. The number of hydrogen-bond acceptors (Lipinski definition) is 4. The minimum atomic E-state index is 0.137. The first-order chi connectivity index (χ1) is 7.79. The zero-order valence-corrected chi connectivity index (χ0v) is 9.78. The third kappa shape index (κ3) is 3.75. The first-order valence-electron chi connectivity index (χ1n) is 5.04. The molecule has 0 fully saturated rings. The number of nitrogens with two attached hydrogens (primary N) is 1. The van der Waals surface area contributed by atoms with E-state index < -0.39 is 0 Å². The van der Waals surface area contributed by atoms with E-state index in [1.807, 2.05) is 24.3 Å². The molecule has 0 spiro atoms. The zero-order valence-electron chi connectivity index (χ0n) is 8.97. The first-order valence-corrected chi connectivity index (χ1v) is 6.19. The summed E-state index contributed by atoms with van der Waals surface area (Å²) in [7, 11) is 0. The maximum absolute atomic E-state index is 8.66. The van der Waals surface area contributed by atoms with Crippen molar-refractivity contribution in [1.82, 2.24) is 0 Å². The third-order valence-corrected chi connectivity index (χ3v) is 3.20. The van der Waals surface area contributed by atoms with Crippen LogP contribution in [0.25, 0.3) is 0 Å². The number of aliphatic hydroxyl groups excluding tert-OH is 1. The number of amidine groups is 1. The van der Waals surface area contributed by atoms with Crippen LogP contribution in [-0.4, -0.2) is 28.5 Å². The van der Waals surface area contributed by atoms with Crippen LogP contribution in [0, 0.1) is 0 Å². The van der Waals surface area contributed by atoms with E-state index in [2.05, 4.69) is 5.16 Å². The van der Waals surface area contributed by atoms with E-state index in [0.717, 1.165) is 29.1 Å². The normalized spacial score (nSPS) is 11.7. The number of rotatable bonds is 6. The van der Waals surface area contributed by atoms with Gasteiger partial charge in [0.2, 0.25) is 0 Å². The predicted molar refractivity (Wildman–Crippen MR) is 66.8 cm³/mol. The van der Waals surface area contributed by atoms with Crippen molar-refractivity contribution in [3.8, 4) is 0 Å². The molecule has 4 N–H and O–H groups in total. The van der Waals surface area contributed by atoms with Gasteiger partial charge in [-0.25, -0.2) is 0 Å². The minimum Gasteiger partial charge on any atom is -0.409 e. The van der Waals surface area contributed by atoms with E-state index in [1.165, 1.54) is 0 Å². The predicted octanol–water partition coefficient (Wildman–Crippen LogP) is 1.40. The fourth-order valence-corrected chi connectivity index (χ4v) is 2.25. The Balaban J connectivity index is 2.64. The highest BCUT2D eigenvalue weighted by Crippen LogP contribution is 2.17. The molecule has 0 bridgehead atoms. The molecule has 88 valence electrons. The first kappa shape index (κ1) is 12.9. The average Bonchev–Trinajstić information content (AvgIpc) is 2.34. The van der Waals surface area contributed by atoms with Gasteiger partial charge >= 0.3 is 0 Å². The number of benzene rings is 1. The summed E-state index contributed by atoms with van der Waals surface area (Å²) in [6.07, 6.45) is 0.788. The van der Waals surface area contributed by atoms with E-state index >= 15 is 0 Å². The molecule has 0 amide bonds. The molecule has 0 radical (unpaired) electrons. The van der Waals surface area contributed by atoms with Gasteiger partial charge in [-0.1, -0.05) is 29.4 Å². The van der Waals surface area contributed by atoms with Crippen LogP contribution in [0.5, 0.6) is 0 Å². The summed E-state index contributed by atoms with van der Waals surface area (Å²) in [4.78, 5) is 0. The van der Waals surface area contributed by atoms with E-state index in [9.17, 15) is 0 Å². The molecular weight excluding hydrogens is 224 g/mol. The van der Waals surface area contributed by atoms with Crippen molar-refractivity contribution >= 4 is 17.6 Å². The standard InChI is InChI=1S/C11H16N2O2S/c12-11(13-15)10-5-2-1-4-9(10)8-16-7-3-6-14/h1-2,4-5,14-15H,3,6-8H2,(H2,12,13). The molecule has 0 heterocycles. The monoisotopic (exact) mass is 240 g/mol. The largest absolute Gasteiger partial charge is 0.409 e. The molecule has 0 aliphatic rings. The van der Waals surface area contributed by atoms with Crippen molar-refractivity contribution in [1.29, 1.82) is 0 Å². The Labute approximate surface area is 99.2 Å². The lowest BCUT2D eigenvalue weighted by molar-refractivity contribution is 0.296. The quantitative estimate of drug-likeness (QED) is 0.231. The van der Waals surface area contributed by atoms with Gasteiger partial charge in [-0.3, -0.25) is 0 Å². The second-order valence-electron chi connectivity index (χ2n) is 3.27. The molecule has 0 unspecified atom stereocenters. The lowest BCUT2D eigenvalue weighted by atomic mass is 10.1. The molecule has 0 saturated carbocycles. The van der Waals surface area contributed by atoms with Crippen molar-refractivity contribution in [2.24, 2.45) is 10.9 Å². The Bertz CT molecular complexity index is 356. The van der Waals surface area contributed by atoms with Crippen LogP contribution < -0.4 is 5.73 Å². The molecule has 16 heavy (non-hydrogen) atoms. The molecule has 0 saturated heterocycles. The van der Waals surface area contributed by atoms with Gasteiger partial charge in [-0.2, -0.15) is 11.8 Å². The van der Waals surface area contributed by atoms with Crippen molar-refractivity contribution in [3.63, 3.8) is 0 Å². The molecular formula is C11H16N2O2S. The zero-order chi connectivity index (χ0) is 11.8.